The van der Waals surface area contributed by atoms with E-state index in [0.717, 1.165) is 25.7 Å². The number of anilines is 2. The largest absolute Gasteiger partial charge is 0.377 e. The Balaban J connectivity index is 1.67. The van der Waals surface area contributed by atoms with Crippen molar-refractivity contribution in [1.82, 2.24) is 10.3 Å². The van der Waals surface area contributed by atoms with Crippen LogP contribution in [0, 0.1) is 16.0 Å². The summed E-state index contributed by atoms with van der Waals surface area (Å²) >= 11 is 0. The molecule has 1 saturated carbocycles. The number of aromatic nitrogens is 1. The highest BCUT2D eigenvalue weighted by Crippen LogP contribution is 2.32. The Morgan fingerprint density at radius 2 is 1.87 bits per heavy atom. The molecule has 3 rings (SSSR count). The molecule has 1 aromatic heterocycles. The fourth-order valence-corrected chi connectivity index (χ4v) is 5.14. The molecule has 1 aromatic rings. The lowest BCUT2D eigenvalue weighted by Gasteiger charge is -2.30. The number of carbonyl (C=O) groups is 1. The predicted octanol–water partition coefficient (Wildman–Crippen LogP) is 1.72. The van der Waals surface area contributed by atoms with Gasteiger partial charge in [-0.15, -0.1) is 0 Å². The third-order valence-electron chi connectivity index (χ3n) is 5.62. The summed E-state index contributed by atoms with van der Waals surface area (Å²) in [6.45, 7) is 4.51. The van der Waals surface area contributed by atoms with E-state index in [4.69, 9.17) is 0 Å². The molecule has 0 bridgehead atoms. The van der Waals surface area contributed by atoms with E-state index in [0.29, 0.717) is 24.6 Å². The van der Waals surface area contributed by atoms with E-state index in [1.165, 1.54) is 6.20 Å². The molecule has 2 N–H and O–H groups in total. The van der Waals surface area contributed by atoms with E-state index < -0.39 is 14.8 Å². The van der Waals surface area contributed by atoms with Gasteiger partial charge in [-0.2, -0.15) is 0 Å². The molecule has 10 nitrogen and oxygen atoms in total. The zero-order valence-corrected chi connectivity index (χ0v) is 18.2. The maximum Gasteiger partial charge on any atom is 0.310 e. The molecule has 1 saturated heterocycles. The summed E-state index contributed by atoms with van der Waals surface area (Å²) in [5.74, 6) is 0.681. The number of pyridine rings is 1. The van der Waals surface area contributed by atoms with Gasteiger partial charge in [0.25, 0.3) is 0 Å². The van der Waals surface area contributed by atoms with Gasteiger partial charge >= 0.3 is 5.69 Å². The van der Waals surface area contributed by atoms with Crippen molar-refractivity contribution in [2.45, 2.75) is 51.6 Å². The summed E-state index contributed by atoms with van der Waals surface area (Å²) in [4.78, 5) is 29.2. The highest BCUT2D eigenvalue weighted by molar-refractivity contribution is 7.91. The van der Waals surface area contributed by atoms with Crippen molar-refractivity contribution in [2.24, 2.45) is 5.92 Å². The number of nitrogens with zero attached hydrogens (tertiary/aromatic N) is 3. The molecule has 0 unspecified atom stereocenters. The van der Waals surface area contributed by atoms with Crippen LogP contribution in [0.5, 0.6) is 0 Å². The Bertz CT molecular complexity index is 883. The first kappa shape index (κ1) is 22.3. The summed E-state index contributed by atoms with van der Waals surface area (Å²) in [6, 6.07) is 1.77. The van der Waals surface area contributed by atoms with E-state index in [1.54, 1.807) is 6.07 Å². The van der Waals surface area contributed by atoms with Crippen LogP contribution >= 0.6 is 0 Å². The number of hydrogen-bond acceptors (Lipinski definition) is 8. The Kier molecular flexibility index (Phi) is 6.79. The van der Waals surface area contributed by atoms with Gasteiger partial charge in [0.1, 0.15) is 17.7 Å². The lowest BCUT2D eigenvalue weighted by atomic mass is 9.85. The first-order valence-electron chi connectivity index (χ1n) is 10.3. The number of rotatable bonds is 6. The second-order valence-corrected chi connectivity index (χ2v) is 10.6. The van der Waals surface area contributed by atoms with Crippen LogP contribution in [0.3, 0.4) is 0 Å². The van der Waals surface area contributed by atoms with E-state index in [-0.39, 0.29) is 41.1 Å². The van der Waals surface area contributed by atoms with Gasteiger partial charge in [-0.3, -0.25) is 14.9 Å². The lowest BCUT2D eigenvalue weighted by molar-refractivity contribution is -0.384. The number of hydrogen-bond donors (Lipinski definition) is 2. The quantitative estimate of drug-likeness (QED) is 0.505. The van der Waals surface area contributed by atoms with Gasteiger partial charge in [-0.05, 0) is 39.5 Å². The van der Waals surface area contributed by atoms with Crippen molar-refractivity contribution in [2.75, 3.05) is 34.8 Å². The number of sulfone groups is 1. The summed E-state index contributed by atoms with van der Waals surface area (Å²) in [6.07, 6.45) is 4.17. The number of carbonyl (C=O) groups excluding carboxylic acids is 1. The molecule has 2 heterocycles. The molecule has 0 aromatic carbocycles. The summed E-state index contributed by atoms with van der Waals surface area (Å²) in [5.41, 5.74) is 0.275. The summed E-state index contributed by atoms with van der Waals surface area (Å²) in [5, 5.41) is 17.7. The van der Waals surface area contributed by atoms with Crippen molar-refractivity contribution in [3.05, 3.63) is 22.4 Å². The van der Waals surface area contributed by atoms with E-state index >= 15 is 0 Å². The van der Waals surface area contributed by atoms with Crippen molar-refractivity contribution in [3.8, 4) is 0 Å². The van der Waals surface area contributed by atoms with Crippen LogP contribution in [0.1, 0.15) is 39.5 Å². The highest BCUT2D eigenvalue weighted by Gasteiger charge is 2.29. The highest BCUT2D eigenvalue weighted by atomic mass is 32.2. The molecule has 1 aliphatic carbocycles. The maximum atomic E-state index is 12.2. The molecule has 1 amide bonds. The minimum absolute atomic E-state index is 0.0243. The van der Waals surface area contributed by atoms with E-state index in [2.05, 4.69) is 15.6 Å². The fraction of sp³-hybridized carbons (Fsp3) is 0.684. The van der Waals surface area contributed by atoms with Crippen molar-refractivity contribution in [1.29, 1.82) is 0 Å². The van der Waals surface area contributed by atoms with Gasteiger partial charge in [0, 0.05) is 37.2 Å². The van der Waals surface area contributed by atoms with Crippen LogP contribution < -0.4 is 15.5 Å². The second-order valence-electron chi connectivity index (χ2n) is 8.31. The van der Waals surface area contributed by atoms with Gasteiger partial charge < -0.3 is 15.5 Å². The Morgan fingerprint density at radius 1 is 1.23 bits per heavy atom. The average molecular weight is 440 g/mol. The molecule has 2 aliphatic rings. The first-order valence-corrected chi connectivity index (χ1v) is 12.1. The average Bonchev–Trinajstić information content (AvgIpc) is 2.67. The number of nitro groups is 1. The van der Waals surface area contributed by atoms with Crippen LogP contribution in [0.4, 0.5) is 17.2 Å². The molecular formula is C19H29N5O5S. The van der Waals surface area contributed by atoms with E-state index in [1.807, 2.05) is 18.7 Å². The normalized spacial score (nSPS) is 23.8. The van der Waals surface area contributed by atoms with Crippen LogP contribution in [-0.2, 0) is 14.6 Å². The summed E-state index contributed by atoms with van der Waals surface area (Å²) < 4.78 is 23.3. The molecule has 0 atom stereocenters. The molecule has 0 radical (unpaired) electrons. The molecule has 11 heteroatoms. The molecule has 2 fully saturated rings. The molecule has 1 aliphatic heterocycles. The molecular weight excluding hydrogens is 410 g/mol. The minimum atomic E-state index is -3.02. The van der Waals surface area contributed by atoms with Gasteiger partial charge in [0.2, 0.25) is 5.91 Å². The SMILES string of the molecule is CC(C)NC(=O)C1CCC(Nc2cc(N3CCS(=O)(=O)CC3)ncc2[N+](=O)[O-])CC1. The van der Waals surface area contributed by atoms with Crippen molar-refractivity contribution < 1.29 is 18.1 Å². The fourth-order valence-electron chi connectivity index (χ4n) is 3.93. The third kappa shape index (κ3) is 5.59. The van der Waals surface area contributed by atoms with Crippen LogP contribution in [0.2, 0.25) is 0 Å². The predicted molar refractivity (Wildman–Crippen MR) is 114 cm³/mol. The lowest BCUT2D eigenvalue weighted by Crippen LogP contribution is -2.40. The second kappa shape index (κ2) is 9.15. The Morgan fingerprint density at radius 3 is 2.43 bits per heavy atom. The smallest absolute Gasteiger partial charge is 0.310 e. The van der Waals surface area contributed by atoms with Crippen LogP contribution in [0.25, 0.3) is 0 Å². The molecule has 166 valence electrons. The van der Waals surface area contributed by atoms with Crippen molar-refractivity contribution in [3.63, 3.8) is 0 Å². The van der Waals surface area contributed by atoms with Crippen molar-refractivity contribution >= 4 is 32.9 Å². The van der Waals surface area contributed by atoms with Gasteiger partial charge in [-0.1, -0.05) is 0 Å². The van der Waals surface area contributed by atoms with Gasteiger partial charge in [0.15, 0.2) is 9.84 Å². The number of amides is 1. The third-order valence-corrected chi connectivity index (χ3v) is 7.23. The molecule has 30 heavy (non-hydrogen) atoms. The zero-order chi connectivity index (χ0) is 21.9. The van der Waals surface area contributed by atoms with Crippen LogP contribution in [0.15, 0.2) is 12.3 Å². The maximum absolute atomic E-state index is 12.2. The zero-order valence-electron chi connectivity index (χ0n) is 17.3. The molecule has 0 spiro atoms. The first-order chi connectivity index (χ1) is 14.1. The van der Waals surface area contributed by atoms with Gasteiger partial charge in [-0.25, -0.2) is 13.4 Å². The summed E-state index contributed by atoms with van der Waals surface area (Å²) in [7, 11) is -3.02. The monoisotopic (exact) mass is 439 g/mol. The Hall–Kier alpha value is -2.43. The standard InChI is InChI=1S/C19H29N5O5S/c1-13(2)21-19(25)14-3-5-15(6-4-14)22-16-11-18(20-12-17(16)24(26)27)23-7-9-30(28,29)10-8-23/h11-15H,3-10H2,1-2H3,(H,20,22)(H,21,25). The Labute approximate surface area is 176 Å². The minimum Gasteiger partial charge on any atom is -0.377 e. The van der Waals surface area contributed by atoms with Crippen LogP contribution in [-0.4, -0.2) is 60.9 Å². The number of nitrogens with one attached hydrogen (secondary N) is 2. The topological polar surface area (TPSA) is 135 Å². The van der Waals surface area contributed by atoms with E-state index in [9.17, 15) is 23.3 Å². The van der Waals surface area contributed by atoms with Gasteiger partial charge in [0.05, 0.1) is 16.4 Å².